The molecule has 3 aromatic rings. The molecular formula is C30H32ClF3N2O4. The summed E-state index contributed by atoms with van der Waals surface area (Å²) in [7, 11) is 1.46. The van der Waals surface area contributed by atoms with Crippen LogP contribution in [0.4, 0.5) is 18.0 Å². The molecule has 0 aliphatic rings. The SMILES string of the molecule is CCOC(=O)Cc1ccc(OC)c(-c2ccc(C(F)(F)F)cc2CN(CC)C(=O)N[C@H](C)c2ccc(Cl)cc2)c1. The third kappa shape index (κ3) is 7.91. The molecule has 10 heteroatoms. The number of amides is 2. The molecule has 0 saturated heterocycles. The van der Waals surface area contributed by atoms with Gasteiger partial charge in [-0.3, -0.25) is 4.79 Å². The van der Waals surface area contributed by atoms with E-state index in [-0.39, 0.29) is 37.7 Å². The number of halogens is 4. The Balaban J connectivity index is 1.99. The molecule has 1 N–H and O–H groups in total. The zero-order chi connectivity index (χ0) is 29.4. The molecule has 0 saturated carbocycles. The molecule has 0 unspecified atom stereocenters. The molecule has 6 nitrogen and oxygen atoms in total. The van der Waals surface area contributed by atoms with Crippen LogP contribution in [0.2, 0.25) is 5.02 Å². The molecule has 0 bridgehead atoms. The molecule has 1 atom stereocenters. The lowest BCUT2D eigenvalue weighted by atomic mass is 9.94. The van der Waals surface area contributed by atoms with E-state index in [2.05, 4.69) is 5.32 Å². The van der Waals surface area contributed by atoms with Crippen molar-refractivity contribution in [3.05, 3.63) is 87.9 Å². The number of urea groups is 1. The van der Waals surface area contributed by atoms with Crippen LogP contribution in [0.15, 0.2) is 60.7 Å². The van der Waals surface area contributed by atoms with Crippen molar-refractivity contribution in [2.45, 2.75) is 46.0 Å². The molecule has 2 amide bonds. The summed E-state index contributed by atoms with van der Waals surface area (Å²) in [5.74, 6) is -0.00706. The summed E-state index contributed by atoms with van der Waals surface area (Å²) in [6.45, 7) is 5.65. The lowest BCUT2D eigenvalue weighted by Crippen LogP contribution is -2.40. The van der Waals surface area contributed by atoms with Crippen molar-refractivity contribution in [1.29, 1.82) is 0 Å². The Morgan fingerprint density at radius 2 is 1.70 bits per heavy atom. The minimum Gasteiger partial charge on any atom is -0.496 e. The zero-order valence-corrected chi connectivity index (χ0v) is 23.5. The molecule has 0 fully saturated rings. The normalized spacial score (nSPS) is 12.0. The molecule has 3 rings (SSSR count). The number of rotatable bonds is 10. The van der Waals surface area contributed by atoms with Gasteiger partial charge >= 0.3 is 18.2 Å². The maximum absolute atomic E-state index is 13.7. The molecule has 0 aliphatic carbocycles. The fourth-order valence-corrected chi connectivity index (χ4v) is 4.39. The Bertz CT molecular complexity index is 1330. The van der Waals surface area contributed by atoms with Crippen LogP contribution in [0.25, 0.3) is 11.1 Å². The van der Waals surface area contributed by atoms with E-state index in [1.165, 1.54) is 18.1 Å². The van der Waals surface area contributed by atoms with E-state index >= 15 is 0 Å². The van der Waals surface area contributed by atoms with Crippen LogP contribution in [-0.2, 0) is 28.7 Å². The van der Waals surface area contributed by atoms with Gasteiger partial charge in [0.1, 0.15) is 5.75 Å². The summed E-state index contributed by atoms with van der Waals surface area (Å²) in [5, 5.41) is 3.47. The molecule has 0 aromatic heterocycles. The van der Waals surface area contributed by atoms with Crippen LogP contribution in [0.1, 0.15) is 49.1 Å². The Hall–Kier alpha value is -3.72. The van der Waals surface area contributed by atoms with Gasteiger partial charge in [0.05, 0.1) is 31.7 Å². The third-order valence-electron chi connectivity index (χ3n) is 6.38. The fraction of sp³-hybridized carbons (Fsp3) is 0.333. The lowest BCUT2D eigenvalue weighted by molar-refractivity contribution is -0.142. The van der Waals surface area contributed by atoms with Crippen LogP contribution in [0.3, 0.4) is 0 Å². The van der Waals surface area contributed by atoms with Crippen molar-refractivity contribution >= 4 is 23.6 Å². The van der Waals surface area contributed by atoms with Crippen LogP contribution in [0, 0.1) is 0 Å². The van der Waals surface area contributed by atoms with Gasteiger partial charge in [-0.15, -0.1) is 0 Å². The number of hydrogen-bond acceptors (Lipinski definition) is 4. The van der Waals surface area contributed by atoms with E-state index in [1.807, 2.05) is 6.92 Å². The van der Waals surface area contributed by atoms with E-state index in [0.717, 1.165) is 17.7 Å². The fourth-order valence-electron chi connectivity index (χ4n) is 4.26. The number of alkyl halides is 3. The van der Waals surface area contributed by atoms with Crippen molar-refractivity contribution in [1.82, 2.24) is 10.2 Å². The van der Waals surface area contributed by atoms with Gasteiger partial charge in [-0.2, -0.15) is 13.2 Å². The second-order valence-corrected chi connectivity index (χ2v) is 9.56. The summed E-state index contributed by atoms with van der Waals surface area (Å²) in [6, 6.07) is 14.7. The van der Waals surface area contributed by atoms with Crippen molar-refractivity contribution < 1.29 is 32.2 Å². The van der Waals surface area contributed by atoms with Gasteiger partial charge < -0.3 is 19.7 Å². The van der Waals surface area contributed by atoms with E-state index in [9.17, 15) is 22.8 Å². The predicted octanol–water partition coefficient (Wildman–Crippen LogP) is 7.43. The Morgan fingerprint density at radius 1 is 1.00 bits per heavy atom. The highest BCUT2D eigenvalue weighted by Gasteiger charge is 2.32. The van der Waals surface area contributed by atoms with Gasteiger partial charge in [0.25, 0.3) is 0 Å². The average Bonchev–Trinajstić information content (AvgIpc) is 2.91. The quantitative estimate of drug-likeness (QED) is 0.255. The Morgan fingerprint density at radius 3 is 2.30 bits per heavy atom. The Kier molecular flexibility index (Phi) is 10.5. The molecule has 0 radical (unpaired) electrons. The van der Waals surface area contributed by atoms with Crippen LogP contribution in [0.5, 0.6) is 5.75 Å². The average molecular weight is 577 g/mol. The van der Waals surface area contributed by atoms with Gasteiger partial charge in [0.2, 0.25) is 0 Å². The molecule has 3 aromatic carbocycles. The van der Waals surface area contributed by atoms with Gasteiger partial charge in [0.15, 0.2) is 0 Å². The first-order valence-electron chi connectivity index (χ1n) is 12.8. The molecule has 0 aliphatic heterocycles. The first kappa shape index (κ1) is 30.8. The van der Waals surface area contributed by atoms with E-state index < -0.39 is 23.7 Å². The highest BCUT2D eigenvalue weighted by molar-refractivity contribution is 6.30. The van der Waals surface area contributed by atoms with Gasteiger partial charge in [-0.1, -0.05) is 35.9 Å². The maximum Gasteiger partial charge on any atom is 0.416 e. The van der Waals surface area contributed by atoms with Crippen LogP contribution < -0.4 is 10.1 Å². The van der Waals surface area contributed by atoms with Crippen LogP contribution in [-0.4, -0.2) is 37.2 Å². The number of benzene rings is 3. The highest BCUT2D eigenvalue weighted by atomic mass is 35.5. The van der Waals surface area contributed by atoms with E-state index in [4.69, 9.17) is 21.1 Å². The number of esters is 1. The number of carbonyl (C=O) groups excluding carboxylic acids is 2. The monoisotopic (exact) mass is 576 g/mol. The summed E-state index contributed by atoms with van der Waals surface area (Å²) < 4.78 is 51.7. The Labute approximate surface area is 237 Å². The van der Waals surface area contributed by atoms with Crippen molar-refractivity contribution in [2.24, 2.45) is 0 Å². The zero-order valence-electron chi connectivity index (χ0n) is 22.8. The molecule has 0 heterocycles. The van der Waals surface area contributed by atoms with Gasteiger partial charge in [-0.05, 0) is 79.4 Å². The van der Waals surface area contributed by atoms with E-state index in [1.54, 1.807) is 56.3 Å². The largest absolute Gasteiger partial charge is 0.496 e. The predicted molar refractivity (Wildman–Crippen MR) is 148 cm³/mol. The summed E-state index contributed by atoms with van der Waals surface area (Å²) in [4.78, 5) is 26.7. The third-order valence-corrected chi connectivity index (χ3v) is 6.63. The summed E-state index contributed by atoms with van der Waals surface area (Å²) >= 11 is 5.96. The highest BCUT2D eigenvalue weighted by Crippen LogP contribution is 2.38. The number of carbonyl (C=O) groups is 2. The maximum atomic E-state index is 13.7. The topological polar surface area (TPSA) is 67.9 Å². The van der Waals surface area contributed by atoms with Crippen LogP contribution >= 0.6 is 11.6 Å². The number of ether oxygens (including phenoxy) is 2. The first-order valence-corrected chi connectivity index (χ1v) is 13.2. The lowest BCUT2D eigenvalue weighted by Gasteiger charge is -2.26. The van der Waals surface area contributed by atoms with Crippen molar-refractivity contribution in [2.75, 3.05) is 20.3 Å². The number of nitrogens with one attached hydrogen (secondary N) is 1. The van der Waals surface area contributed by atoms with E-state index in [0.29, 0.717) is 27.5 Å². The number of hydrogen-bond donors (Lipinski definition) is 1. The minimum absolute atomic E-state index is 0.00706. The second-order valence-electron chi connectivity index (χ2n) is 9.12. The first-order chi connectivity index (χ1) is 19.0. The summed E-state index contributed by atoms with van der Waals surface area (Å²) in [6.07, 6.45) is -4.58. The standard InChI is InChI=1S/C30H32ClF3N2O4/c1-5-36(29(38)35-19(3)21-8-11-24(31)12-9-21)18-22-17-23(30(32,33)34)10-13-25(22)26-15-20(7-14-27(26)39-4)16-28(37)40-6-2/h7-15,17,19H,5-6,16,18H2,1-4H3,(H,35,38)/t19-/m1/s1. The van der Waals surface area contributed by atoms with Crippen molar-refractivity contribution in [3.8, 4) is 16.9 Å². The van der Waals surface area contributed by atoms with Gasteiger partial charge in [-0.25, -0.2) is 4.79 Å². The second kappa shape index (κ2) is 13.6. The smallest absolute Gasteiger partial charge is 0.416 e. The molecular weight excluding hydrogens is 545 g/mol. The van der Waals surface area contributed by atoms with Crippen molar-refractivity contribution in [3.63, 3.8) is 0 Å². The molecule has 214 valence electrons. The number of nitrogens with zero attached hydrogens (tertiary/aromatic N) is 1. The minimum atomic E-state index is -4.58. The summed E-state index contributed by atoms with van der Waals surface area (Å²) in [5.41, 5.74) is 1.83. The van der Waals surface area contributed by atoms with Gasteiger partial charge in [0, 0.05) is 23.7 Å². The number of methoxy groups -OCH3 is 1. The molecule has 40 heavy (non-hydrogen) atoms. The molecule has 0 spiro atoms.